The van der Waals surface area contributed by atoms with E-state index in [1.54, 1.807) is 60.5 Å². The fourth-order valence-corrected chi connectivity index (χ4v) is 33.7. The van der Waals surface area contributed by atoms with Gasteiger partial charge >= 0.3 is 256 Å². The SMILES string of the molecule is C1CCOC1.C1CCOC1.CCCCCCCCCCCCc1c[c]([Sn]([CH3])([CH3])[CH3])sc1/C=C/c1s[c]([Sn]([CH3])([CH3])[CH3])cc1CCCCCCCCCCCC.CCCCCCCCCCCCc1ccsc1/C=C/c1sccc1CCCCCCCCCCCC.CCCCCCCCCCCCc1ccsc1Br.CCCCCCCCCCCCc1ccsc1C=O.[2H]CF. The molecule has 129 heavy (non-hydrogen) atoms. The molecular weight excluding hydrogens is 1970 g/mol. The topological polar surface area (TPSA) is 35.5 Å². The summed E-state index contributed by atoms with van der Waals surface area (Å²) in [6.07, 6.45) is 108. The fraction of sp³-hybridized carbons (Fsp3) is 0.750. The molecule has 0 bridgehead atoms. The Morgan fingerprint density at radius 1 is 0.295 bits per heavy atom. The van der Waals surface area contributed by atoms with Crippen LogP contribution < -0.4 is 5.79 Å². The summed E-state index contributed by atoms with van der Waals surface area (Å²) in [6, 6.07) is 14.4. The minimum absolute atomic E-state index is 0.927. The summed E-state index contributed by atoms with van der Waals surface area (Å²) in [6.45, 7) is 17.8. The first-order valence-electron chi connectivity index (χ1n) is 55.2. The Balaban J connectivity index is 0.000000587. The molecule has 8 heterocycles. The van der Waals surface area contributed by atoms with E-state index < -0.39 is 43.9 Å². The molecule has 2 aliphatic heterocycles. The van der Waals surface area contributed by atoms with E-state index in [-0.39, 0.29) is 0 Å². The number of aryl methyl sites for hydroxylation is 6. The predicted octanol–water partition coefficient (Wildman–Crippen LogP) is 42.1. The van der Waals surface area contributed by atoms with Crippen molar-refractivity contribution in [2.75, 3.05) is 33.6 Å². The summed E-state index contributed by atoms with van der Waals surface area (Å²) in [5.74, 6) is 0. The monoisotopic (exact) mass is 2170 g/mol. The number of unbranched alkanes of at least 4 members (excludes halogenated alkanes) is 54. The van der Waals surface area contributed by atoms with Crippen molar-refractivity contribution in [3.05, 3.63) is 119 Å². The van der Waals surface area contributed by atoms with Crippen LogP contribution in [0.4, 0.5) is 4.39 Å². The van der Waals surface area contributed by atoms with Gasteiger partial charge < -0.3 is 9.47 Å². The first-order chi connectivity index (χ1) is 63.5. The number of hydrogen-bond acceptors (Lipinski definition) is 9. The van der Waals surface area contributed by atoms with Crippen LogP contribution in [0.15, 0.2) is 61.7 Å². The van der Waals surface area contributed by atoms with E-state index >= 15 is 0 Å². The Labute approximate surface area is 842 Å². The summed E-state index contributed by atoms with van der Waals surface area (Å²) < 4.78 is 30.2. The van der Waals surface area contributed by atoms with Crippen LogP contribution >= 0.6 is 84.0 Å². The minimum atomic E-state index is -2.09. The number of rotatable bonds is 73. The average molecular weight is 2170 g/mol. The van der Waals surface area contributed by atoms with Crippen molar-refractivity contribution in [2.45, 2.75) is 521 Å². The molecule has 3 nitrogen and oxygen atoms in total. The Kier molecular flexibility index (Phi) is 85.3. The van der Waals surface area contributed by atoms with Crippen LogP contribution in [0, 0.1) is 0 Å². The minimum Gasteiger partial charge on any atom is -0.297 e. The first-order valence-corrected chi connectivity index (χ1v) is 80.5. The van der Waals surface area contributed by atoms with Crippen LogP contribution in [0.3, 0.4) is 0 Å². The summed E-state index contributed by atoms with van der Waals surface area (Å²) >= 11 is 10.9. The van der Waals surface area contributed by atoms with Crippen molar-refractivity contribution < 1.29 is 20.0 Å². The Morgan fingerprint density at radius 3 is 0.698 bits per heavy atom. The molecule has 0 aromatic carbocycles. The number of halogens is 2. The maximum absolute atomic E-state index is 10.8. The third-order valence-electron chi connectivity index (χ3n) is 25.5. The predicted molar refractivity (Wildman–Crippen MR) is 603 cm³/mol. The van der Waals surface area contributed by atoms with Crippen LogP contribution in [0.2, 0.25) is 29.6 Å². The second-order valence-corrected chi connectivity index (χ2v) is 77.7. The number of carbonyl (C=O) groups is 1. The van der Waals surface area contributed by atoms with Crippen molar-refractivity contribution in [1.82, 2.24) is 0 Å². The summed E-state index contributed by atoms with van der Waals surface area (Å²) in [5.41, 5.74) is 9.16. The fourth-order valence-electron chi connectivity index (χ4n) is 17.0. The maximum atomic E-state index is 10.8. The average Bonchev–Trinajstić information content (AvgIpc) is 1.67. The van der Waals surface area contributed by atoms with Gasteiger partial charge in [0, 0.05) is 36.2 Å². The molecule has 0 spiro atoms. The van der Waals surface area contributed by atoms with E-state index in [2.05, 4.69) is 187 Å². The molecule has 0 radical (unpaired) electrons. The van der Waals surface area contributed by atoms with Crippen molar-refractivity contribution in [3.8, 4) is 0 Å². The summed E-state index contributed by atoms with van der Waals surface area (Å²) in [4.78, 5) is 33.3. The van der Waals surface area contributed by atoms with Gasteiger partial charge in [0.1, 0.15) is 0 Å². The second-order valence-electron chi connectivity index (χ2n) is 39.7. The number of thiophene rings is 6. The smallest absolute Gasteiger partial charge is 0.297 e. The molecule has 0 saturated carbocycles. The number of carbonyl (C=O) groups excluding carboxylic acids is 1. The zero-order valence-corrected chi connectivity index (χ0v) is 98.3. The first kappa shape index (κ1) is 122. The zero-order chi connectivity index (χ0) is 94.4. The van der Waals surface area contributed by atoms with Gasteiger partial charge in [-0.1, -0.05) is 298 Å². The van der Waals surface area contributed by atoms with Gasteiger partial charge in [0.05, 0.1) is 17.2 Å². The van der Waals surface area contributed by atoms with Gasteiger partial charge in [-0.3, -0.25) is 9.18 Å². The molecule has 6 aromatic rings. The Hall–Kier alpha value is -0.723. The molecule has 0 atom stereocenters. The van der Waals surface area contributed by atoms with Gasteiger partial charge in [0.15, 0.2) is 6.29 Å². The summed E-state index contributed by atoms with van der Waals surface area (Å²) in [7, 11) is -1.00. The van der Waals surface area contributed by atoms with Gasteiger partial charge in [-0.2, -0.15) is 0 Å². The van der Waals surface area contributed by atoms with E-state index in [0.717, 1.165) is 44.0 Å². The molecule has 2 aliphatic rings. The molecule has 0 N–H and O–H groups in total. The standard InChI is InChI=1S/C34H56S2.C34H54S2.C17H28OS.C16H27BrS.2C4H8O.CH3F.6CH3.2Sn/c2*1-3-5-7-9-11-13-15-17-19-21-23-31-27-29-35-33(31)25-26-34-32(28-30-36-34)24-22-20-18-16-14-12-10-8-6-4-2;1-2-3-4-5-6-7-8-9-10-11-12-16-13-14-19-17(16)15-18;1-2-3-4-5-6-7-8-9-10-11-12-15-13-14-18-16(15)17;2*1-2-4-5-3-1;1-2;;;;;;;;/h25-30H,3-24H2,1-2H3;25-28H,3-24H2,1-2H3;13-15H,2-12H2,1H3;13-14H,2-12H2,1H3;2*1-4H2;1H3;6*1H3;;/b2*26-25+;;;;;;;;;;;;;/i;;;;;;1D;;;;;;;;. The van der Waals surface area contributed by atoms with Gasteiger partial charge in [-0.25, -0.2) is 0 Å². The third kappa shape index (κ3) is 69.7. The van der Waals surface area contributed by atoms with Crippen LogP contribution in [0.5, 0.6) is 0 Å². The van der Waals surface area contributed by atoms with E-state index in [1.165, 1.54) is 468 Å². The molecule has 6 aromatic heterocycles. The van der Waals surface area contributed by atoms with Crippen molar-refractivity contribution >= 4 is 157 Å². The Bertz CT molecular complexity index is 3270. The normalized spacial score (nSPS) is 12.7. The zero-order valence-electron chi connectivity index (χ0n) is 87.1. The second kappa shape index (κ2) is 89.9. The van der Waals surface area contributed by atoms with E-state index in [9.17, 15) is 9.18 Å². The molecule has 8 rings (SSSR count). The van der Waals surface area contributed by atoms with E-state index in [0.29, 0.717) is 0 Å². The molecule has 0 amide bonds. The van der Waals surface area contributed by atoms with Crippen LogP contribution in [-0.2, 0) is 48.0 Å². The molecule has 13 heteroatoms. The van der Waals surface area contributed by atoms with E-state index in [1.807, 2.05) is 28.1 Å². The number of aldehydes is 1. The third-order valence-corrected chi connectivity index (χ3v) is 51.2. The van der Waals surface area contributed by atoms with Gasteiger partial charge in [-0.15, -0.1) is 45.3 Å². The number of hydrogen-bond donors (Lipinski definition) is 0. The molecule has 0 unspecified atom stereocenters. The van der Waals surface area contributed by atoms with E-state index in [4.69, 9.17) is 10.8 Å². The quantitative estimate of drug-likeness (QED) is 0.0217. The molecule has 0 aliphatic carbocycles. The molecular formula is C116H202BrFO3S6Sn2. The van der Waals surface area contributed by atoms with Crippen molar-refractivity contribution in [3.63, 3.8) is 0 Å². The molecule has 742 valence electrons. The van der Waals surface area contributed by atoms with Crippen LogP contribution in [0.25, 0.3) is 24.3 Å². The van der Waals surface area contributed by atoms with Crippen molar-refractivity contribution in [1.29, 1.82) is 0 Å². The molecule has 2 saturated heterocycles. The van der Waals surface area contributed by atoms with Gasteiger partial charge in [0.2, 0.25) is 0 Å². The van der Waals surface area contributed by atoms with Crippen molar-refractivity contribution in [2.24, 2.45) is 0 Å². The van der Waals surface area contributed by atoms with Gasteiger partial charge in [0.25, 0.3) is 0 Å². The summed E-state index contributed by atoms with van der Waals surface area (Å²) in [5, 5.41) is 8.76. The Morgan fingerprint density at radius 2 is 0.488 bits per heavy atom. The number of alkyl halides is 1. The van der Waals surface area contributed by atoms with Crippen LogP contribution in [0.1, 0.15) is 516 Å². The van der Waals surface area contributed by atoms with Crippen LogP contribution in [-0.4, -0.2) is 76.6 Å². The molecule has 2 fully saturated rings. The van der Waals surface area contributed by atoms with Gasteiger partial charge in [-0.05, 0) is 173 Å². The number of ether oxygens (including phenoxy) is 2.